The third-order valence-electron chi connectivity index (χ3n) is 0.720. The van der Waals surface area contributed by atoms with Crippen LogP contribution in [0.5, 0.6) is 0 Å². The molecule has 1 aromatic heterocycles. The molecule has 0 aliphatic rings. The molecule has 6 heteroatoms. The van der Waals surface area contributed by atoms with E-state index in [0.29, 0.717) is 14.2 Å². The van der Waals surface area contributed by atoms with E-state index in [1.165, 1.54) is 6.20 Å². The van der Waals surface area contributed by atoms with Crippen LogP contribution in [0.4, 0.5) is 13.2 Å². The summed E-state index contributed by atoms with van der Waals surface area (Å²) in [5.74, 6) is 0. The Kier molecular flexibility index (Phi) is 2.18. The van der Waals surface area contributed by atoms with Gasteiger partial charge in [-0.15, -0.1) is 11.3 Å². The molecule has 0 fully saturated rings. The summed E-state index contributed by atoms with van der Waals surface area (Å²) in [4.78, 5) is 3.17. The van der Waals surface area contributed by atoms with E-state index >= 15 is 0 Å². The first-order valence-corrected chi connectivity index (χ1v) is 4.08. The first-order valence-electron chi connectivity index (χ1n) is 2.18. The minimum absolute atomic E-state index is 0.546. The van der Waals surface area contributed by atoms with Crippen LogP contribution in [0.3, 0.4) is 0 Å². The molecule has 0 saturated heterocycles. The molecule has 0 aromatic carbocycles. The van der Waals surface area contributed by atoms with E-state index in [9.17, 15) is 13.2 Å². The predicted octanol–water partition coefficient (Wildman–Crippen LogP) is 2.77. The second-order valence-electron chi connectivity index (χ2n) is 1.47. The molecule has 0 aliphatic carbocycles. The van der Waals surface area contributed by atoms with Crippen molar-refractivity contribution in [3.05, 3.63) is 14.1 Å². The predicted molar refractivity (Wildman–Crippen MR) is 39.8 cm³/mol. The van der Waals surface area contributed by atoms with E-state index < -0.39 is 11.2 Å². The molecule has 56 valence electrons. The van der Waals surface area contributed by atoms with E-state index in [4.69, 9.17) is 0 Å². The Labute approximate surface area is 72.4 Å². The van der Waals surface area contributed by atoms with E-state index in [-0.39, 0.29) is 0 Å². The lowest BCUT2D eigenvalue weighted by Crippen LogP contribution is -2.02. The Hall–Kier alpha value is 0.150. The summed E-state index contributed by atoms with van der Waals surface area (Å²) in [6, 6.07) is 0. The van der Waals surface area contributed by atoms with Gasteiger partial charge in [0.05, 0.1) is 9.08 Å². The molecule has 0 aliphatic heterocycles. The van der Waals surface area contributed by atoms with Crippen LogP contribution < -0.4 is 0 Å². The summed E-state index contributed by atoms with van der Waals surface area (Å²) in [5.41, 5.74) is 0. The smallest absolute Gasteiger partial charge is 0.240 e. The van der Waals surface area contributed by atoms with Crippen molar-refractivity contribution in [1.29, 1.82) is 0 Å². The second kappa shape index (κ2) is 2.65. The highest BCUT2D eigenvalue weighted by molar-refractivity contribution is 14.1. The first-order chi connectivity index (χ1) is 4.50. The van der Waals surface area contributed by atoms with Gasteiger partial charge in [0, 0.05) is 0 Å². The molecule has 0 bridgehead atoms. The molecule has 0 atom stereocenters. The van der Waals surface area contributed by atoms with Crippen molar-refractivity contribution in [2.75, 3.05) is 0 Å². The molecule has 10 heavy (non-hydrogen) atoms. The standard InChI is InChI=1S/C4HF3INS/c5-4(6,7)3-9-1-2(8)10-3/h1H. The molecular weight excluding hydrogens is 278 g/mol. The van der Waals surface area contributed by atoms with Gasteiger partial charge in [-0.3, -0.25) is 0 Å². The number of rotatable bonds is 0. The van der Waals surface area contributed by atoms with Gasteiger partial charge >= 0.3 is 6.18 Å². The third-order valence-corrected chi connectivity index (χ3v) is 2.49. The molecule has 0 amide bonds. The Balaban J connectivity index is 2.96. The molecule has 1 rings (SSSR count). The Morgan fingerprint density at radius 3 is 2.30 bits per heavy atom. The van der Waals surface area contributed by atoms with Crippen LogP contribution in [0.15, 0.2) is 6.20 Å². The lowest BCUT2D eigenvalue weighted by Gasteiger charge is -1.97. The van der Waals surface area contributed by atoms with Gasteiger partial charge in [-0.2, -0.15) is 13.2 Å². The average Bonchev–Trinajstić information content (AvgIpc) is 2.11. The van der Waals surface area contributed by atoms with E-state index in [1.54, 1.807) is 22.6 Å². The van der Waals surface area contributed by atoms with Crippen molar-refractivity contribution >= 4 is 33.9 Å². The monoisotopic (exact) mass is 279 g/mol. The van der Waals surface area contributed by atoms with Crippen LogP contribution in [0.2, 0.25) is 0 Å². The minimum atomic E-state index is -4.28. The fraction of sp³-hybridized carbons (Fsp3) is 0.250. The third kappa shape index (κ3) is 1.82. The van der Waals surface area contributed by atoms with E-state index in [1.807, 2.05) is 0 Å². The highest BCUT2D eigenvalue weighted by atomic mass is 127. The average molecular weight is 279 g/mol. The van der Waals surface area contributed by atoms with Crippen LogP contribution in [0, 0.1) is 2.88 Å². The molecule has 1 heterocycles. The van der Waals surface area contributed by atoms with Crippen LogP contribution in [0.1, 0.15) is 5.01 Å². The number of hydrogen-bond acceptors (Lipinski definition) is 2. The van der Waals surface area contributed by atoms with Crippen molar-refractivity contribution in [2.24, 2.45) is 0 Å². The minimum Gasteiger partial charge on any atom is -0.240 e. The van der Waals surface area contributed by atoms with Crippen molar-refractivity contribution in [3.8, 4) is 0 Å². The Morgan fingerprint density at radius 1 is 1.50 bits per heavy atom. The highest BCUT2D eigenvalue weighted by Gasteiger charge is 2.34. The summed E-state index contributed by atoms with van der Waals surface area (Å²) in [6.45, 7) is 0. The van der Waals surface area contributed by atoms with Crippen LogP contribution in [0.25, 0.3) is 0 Å². The van der Waals surface area contributed by atoms with Crippen LogP contribution in [-0.2, 0) is 6.18 Å². The highest BCUT2D eigenvalue weighted by Crippen LogP contribution is 2.32. The van der Waals surface area contributed by atoms with Crippen molar-refractivity contribution < 1.29 is 13.2 Å². The molecule has 1 aromatic rings. The Morgan fingerprint density at radius 2 is 2.10 bits per heavy atom. The number of aromatic nitrogens is 1. The summed E-state index contributed by atoms with van der Waals surface area (Å²) < 4.78 is 35.8. The molecule has 0 radical (unpaired) electrons. The van der Waals surface area contributed by atoms with Crippen molar-refractivity contribution in [3.63, 3.8) is 0 Å². The van der Waals surface area contributed by atoms with Gasteiger partial charge < -0.3 is 0 Å². The maximum atomic E-state index is 11.7. The summed E-state index contributed by atoms with van der Waals surface area (Å²) in [5, 5.41) is -0.781. The molecule has 0 spiro atoms. The zero-order valence-corrected chi connectivity index (χ0v) is 7.42. The lowest BCUT2D eigenvalue weighted by molar-refractivity contribution is -0.137. The number of thiazole rings is 1. The van der Waals surface area contributed by atoms with Gasteiger partial charge in [0.1, 0.15) is 0 Å². The zero-order chi connectivity index (χ0) is 7.78. The van der Waals surface area contributed by atoms with Gasteiger partial charge in [-0.05, 0) is 22.6 Å². The molecule has 1 nitrogen and oxygen atoms in total. The maximum absolute atomic E-state index is 11.7. The molecule has 0 unspecified atom stereocenters. The fourth-order valence-corrected chi connectivity index (χ4v) is 1.66. The fourth-order valence-electron chi connectivity index (χ4n) is 0.385. The van der Waals surface area contributed by atoms with Crippen LogP contribution in [-0.4, -0.2) is 4.98 Å². The van der Waals surface area contributed by atoms with Crippen LogP contribution >= 0.6 is 33.9 Å². The molecular formula is C4HF3INS. The van der Waals surface area contributed by atoms with Crippen molar-refractivity contribution in [1.82, 2.24) is 4.98 Å². The number of nitrogens with zero attached hydrogens (tertiary/aromatic N) is 1. The first kappa shape index (κ1) is 8.25. The summed E-state index contributed by atoms with van der Waals surface area (Å²) in [6.07, 6.45) is -3.08. The van der Waals surface area contributed by atoms with Gasteiger partial charge in [-0.25, -0.2) is 4.98 Å². The summed E-state index contributed by atoms with van der Waals surface area (Å²) in [7, 11) is 0. The lowest BCUT2D eigenvalue weighted by atomic mass is 10.7. The van der Waals surface area contributed by atoms with Gasteiger partial charge in [0.15, 0.2) is 5.01 Å². The Bertz CT molecular complexity index is 231. The molecule has 0 N–H and O–H groups in total. The quantitative estimate of drug-likeness (QED) is 0.665. The normalized spacial score (nSPS) is 12.0. The topological polar surface area (TPSA) is 12.9 Å². The largest absolute Gasteiger partial charge is 0.443 e. The number of alkyl halides is 3. The van der Waals surface area contributed by atoms with Gasteiger partial charge in [0.25, 0.3) is 0 Å². The zero-order valence-electron chi connectivity index (χ0n) is 4.44. The maximum Gasteiger partial charge on any atom is 0.443 e. The van der Waals surface area contributed by atoms with Gasteiger partial charge in [-0.1, -0.05) is 0 Å². The van der Waals surface area contributed by atoms with E-state index in [0.717, 1.165) is 0 Å². The molecule has 0 saturated carbocycles. The van der Waals surface area contributed by atoms with Crippen molar-refractivity contribution in [2.45, 2.75) is 6.18 Å². The summed E-state index contributed by atoms with van der Waals surface area (Å²) >= 11 is 2.44. The van der Waals surface area contributed by atoms with E-state index in [2.05, 4.69) is 4.98 Å². The second-order valence-corrected chi connectivity index (χ2v) is 4.39. The van der Waals surface area contributed by atoms with Gasteiger partial charge in [0.2, 0.25) is 0 Å². The number of hydrogen-bond donors (Lipinski definition) is 0. The SMILES string of the molecule is FC(F)(F)c1ncc(I)s1. The number of halogens is 4.